The van der Waals surface area contributed by atoms with E-state index in [1.165, 1.54) is 25.0 Å². The summed E-state index contributed by atoms with van der Waals surface area (Å²) in [4.78, 5) is 0. The van der Waals surface area contributed by atoms with Gasteiger partial charge in [0.2, 0.25) is 0 Å². The Hall–Kier alpha value is -0.640. The number of likely N-dealkylation sites (N-methyl/N-ethyl adjacent to an activating group) is 1. The lowest BCUT2D eigenvalue weighted by Gasteiger charge is -2.20. The van der Waals surface area contributed by atoms with Crippen LogP contribution in [0.1, 0.15) is 38.2 Å². The van der Waals surface area contributed by atoms with Crippen LogP contribution in [0.2, 0.25) is 5.02 Å². The molecule has 2 unspecified atom stereocenters. The smallest absolute Gasteiger partial charge is 0.124 e. The van der Waals surface area contributed by atoms with Crippen molar-refractivity contribution < 1.29 is 9.13 Å². The van der Waals surface area contributed by atoms with Gasteiger partial charge in [0.15, 0.2) is 0 Å². The van der Waals surface area contributed by atoms with Crippen molar-refractivity contribution in [1.82, 2.24) is 5.32 Å². The molecule has 1 fully saturated rings. The van der Waals surface area contributed by atoms with Crippen LogP contribution in [0.3, 0.4) is 0 Å². The van der Waals surface area contributed by atoms with Crippen molar-refractivity contribution in [2.45, 2.75) is 51.2 Å². The average Bonchev–Trinajstić information content (AvgIpc) is 2.92. The second kappa shape index (κ2) is 7.96. The second-order valence-corrected chi connectivity index (χ2v) is 5.81. The fraction of sp³-hybridized carbons (Fsp3) is 0.625. The Balaban J connectivity index is 1.90. The molecule has 0 aromatic heterocycles. The molecule has 2 atom stereocenters. The summed E-state index contributed by atoms with van der Waals surface area (Å²) < 4.78 is 18.7. The SMILES string of the molecule is CCNC(CCC1CCCO1)Cc1ccc(F)cc1Cl. The van der Waals surface area contributed by atoms with E-state index in [-0.39, 0.29) is 5.82 Å². The van der Waals surface area contributed by atoms with Gasteiger partial charge in [-0.25, -0.2) is 4.39 Å². The molecule has 112 valence electrons. The molecule has 1 aromatic carbocycles. The zero-order valence-corrected chi connectivity index (χ0v) is 12.8. The third-order valence-electron chi connectivity index (χ3n) is 3.84. The molecule has 1 aliphatic heterocycles. The van der Waals surface area contributed by atoms with Crippen molar-refractivity contribution in [2.75, 3.05) is 13.2 Å². The minimum absolute atomic E-state index is 0.280. The van der Waals surface area contributed by atoms with Crippen LogP contribution in [0.25, 0.3) is 0 Å². The van der Waals surface area contributed by atoms with Crippen LogP contribution in [-0.4, -0.2) is 25.3 Å². The van der Waals surface area contributed by atoms with Crippen LogP contribution in [0, 0.1) is 5.82 Å². The van der Waals surface area contributed by atoms with E-state index >= 15 is 0 Å². The van der Waals surface area contributed by atoms with Gasteiger partial charge in [0, 0.05) is 17.7 Å². The van der Waals surface area contributed by atoms with Crippen LogP contribution in [-0.2, 0) is 11.2 Å². The van der Waals surface area contributed by atoms with Gasteiger partial charge in [0.1, 0.15) is 5.82 Å². The molecule has 1 N–H and O–H groups in total. The van der Waals surface area contributed by atoms with Gasteiger partial charge in [-0.3, -0.25) is 0 Å². The molecule has 0 aliphatic carbocycles. The first-order valence-electron chi connectivity index (χ1n) is 7.48. The molecule has 20 heavy (non-hydrogen) atoms. The van der Waals surface area contributed by atoms with Crippen molar-refractivity contribution in [3.05, 3.63) is 34.6 Å². The van der Waals surface area contributed by atoms with E-state index in [2.05, 4.69) is 12.2 Å². The lowest BCUT2D eigenvalue weighted by atomic mass is 9.99. The predicted molar refractivity (Wildman–Crippen MR) is 80.8 cm³/mol. The summed E-state index contributed by atoms with van der Waals surface area (Å²) in [6, 6.07) is 5.02. The van der Waals surface area contributed by atoms with E-state index in [4.69, 9.17) is 16.3 Å². The first-order valence-corrected chi connectivity index (χ1v) is 7.85. The lowest BCUT2D eigenvalue weighted by Crippen LogP contribution is -2.32. The van der Waals surface area contributed by atoms with Crippen molar-refractivity contribution >= 4 is 11.6 Å². The third kappa shape index (κ3) is 4.72. The van der Waals surface area contributed by atoms with Crippen LogP contribution < -0.4 is 5.32 Å². The molecule has 0 amide bonds. The van der Waals surface area contributed by atoms with Crippen molar-refractivity contribution in [3.8, 4) is 0 Å². The van der Waals surface area contributed by atoms with Gasteiger partial charge < -0.3 is 10.1 Å². The average molecular weight is 300 g/mol. The minimum Gasteiger partial charge on any atom is -0.378 e. The number of nitrogens with one attached hydrogen (secondary N) is 1. The molecule has 0 saturated carbocycles. The number of benzene rings is 1. The van der Waals surface area contributed by atoms with E-state index in [0.717, 1.165) is 38.0 Å². The van der Waals surface area contributed by atoms with Crippen molar-refractivity contribution in [3.63, 3.8) is 0 Å². The van der Waals surface area contributed by atoms with Crippen LogP contribution in [0.5, 0.6) is 0 Å². The lowest BCUT2D eigenvalue weighted by molar-refractivity contribution is 0.0996. The van der Waals surface area contributed by atoms with Gasteiger partial charge >= 0.3 is 0 Å². The molecule has 1 heterocycles. The Bertz CT molecular complexity index is 421. The zero-order chi connectivity index (χ0) is 14.4. The van der Waals surface area contributed by atoms with E-state index in [1.807, 2.05) is 0 Å². The Morgan fingerprint density at radius 1 is 1.50 bits per heavy atom. The maximum Gasteiger partial charge on any atom is 0.124 e. The van der Waals surface area contributed by atoms with Crippen LogP contribution in [0.15, 0.2) is 18.2 Å². The van der Waals surface area contributed by atoms with E-state index < -0.39 is 0 Å². The quantitative estimate of drug-likeness (QED) is 0.823. The largest absolute Gasteiger partial charge is 0.378 e. The fourth-order valence-corrected chi connectivity index (χ4v) is 3.02. The number of rotatable bonds is 7. The highest BCUT2D eigenvalue weighted by Gasteiger charge is 2.18. The maximum atomic E-state index is 13.1. The highest BCUT2D eigenvalue weighted by Crippen LogP contribution is 2.22. The van der Waals surface area contributed by atoms with Crippen LogP contribution in [0.4, 0.5) is 4.39 Å². The first kappa shape index (κ1) is 15.7. The molecule has 1 aliphatic rings. The summed E-state index contributed by atoms with van der Waals surface area (Å²) >= 11 is 6.11. The number of hydrogen-bond acceptors (Lipinski definition) is 2. The fourth-order valence-electron chi connectivity index (χ4n) is 2.78. The summed E-state index contributed by atoms with van der Waals surface area (Å²) in [5.74, 6) is -0.280. The first-order chi connectivity index (χ1) is 9.69. The van der Waals surface area contributed by atoms with E-state index in [9.17, 15) is 4.39 Å². The summed E-state index contributed by atoms with van der Waals surface area (Å²) in [7, 11) is 0. The van der Waals surface area contributed by atoms with Crippen molar-refractivity contribution in [2.24, 2.45) is 0 Å². The normalized spacial score (nSPS) is 20.2. The summed E-state index contributed by atoms with van der Waals surface area (Å²) in [6.45, 7) is 3.93. The topological polar surface area (TPSA) is 21.3 Å². The molecular formula is C16H23ClFNO. The van der Waals surface area contributed by atoms with E-state index in [1.54, 1.807) is 6.07 Å². The summed E-state index contributed by atoms with van der Waals surface area (Å²) in [5, 5.41) is 4.01. The predicted octanol–water partition coefficient (Wildman–Crippen LogP) is 3.96. The van der Waals surface area contributed by atoms with Gasteiger partial charge in [-0.05, 0) is 56.3 Å². The third-order valence-corrected chi connectivity index (χ3v) is 4.19. The van der Waals surface area contributed by atoms with Gasteiger partial charge in [0.05, 0.1) is 6.10 Å². The number of ether oxygens (including phenoxy) is 1. The molecule has 2 rings (SSSR count). The Morgan fingerprint density at radius 3 is 3.00 bits per heavy atom. The van der Waals surface area contributed by atoms with Crippen LogP contribution >= 0.6 is 11.6 Å². The highest BCUT2D eigenvalue weighted by atomic mass is 35.5. The molecule has 1 aromatic rings. The molecule has 0 bridgehead atoms. The molecule has 2 nitrogen and oxygen atoms in total. The zero-order valence-electron chi connectivity index (χ0n) is 12.0. The Morgan fingerprint density at radius 2 is 2.35 bits per heavy atom. The molecule has 0 radical (unpaired) electrons. The van der Waals surface area contributed by atoms with E-state index in [0.29, 0.717) is 17.2 Å². The standard InChI is InChI=1S/C16H23ClFNO/c1-2-19-14(7-8-15-4-3-9-20-15)10-12-5-6-13(18)11-16(12)17/h5-6,11,14-15,19H,2-4,7-10H2,1H3. The van der Waals surface area contributed by atoms with Gasteiger partial charge in [-0.1, -0.05) is 24.6 Å². The molecule has 0 spiro atoms. The van der Waals surface area contributed by atoms with Crippen molar-refractivity contribution in [1.29, 1.82) is 0 Å². The van der Waals surface area contributed by atoms with Gasteiger partial charge in [-0.15, -0.1) is 0 Å². The Kier molecular flexibility index (Phi) is 6.27. The summed E-state index contributed by atoms with van der Waals surface area (Å²) in [5.41, 5.74) is 1.01. The molecular weight excluding hydrogens is 277 g/mol. The highest BCUT2D eigenvalue weighted by molar-refractivity contribution is 6.31. The minimum atomic E-state index is -0.280. The number of halogens is 2. The number of hydrogen-bond donors (Lipinski definition) is 1. The second-order valence-electron chi connectivity index (χ2n) is 5.41. The van der Waals surface area contributed by atoms with Gasteiger partial charge in [-0.2, -0.15) is 0 Å². The monoisotopic (exact) mass is 299 g/mol. The molecule has 1 saturated heterocycles. The summed E-state index contributed by atoms with van der Waals surface area (Å²) in [6.07, 6.45) is 5.75. The maximum absolute atomic E-state index is 13.1. The Labute approximate surface area is 125 Å². The molecule has 4 heteroatoms. The van der Waals surface area contributed by atoms with Gasteiger partial charge in [0.25, 0.3) is 0 Å².